The van der Waals surface area contributed by atoms with Gasteiger partial charge in [0.25, 0.3) is 0 Å². The predicted octanol–water partition coefficient (Wildman–Crippen LogP) is 2.70. The van der Waals surface area contributed by atoms with Crippen LogP contribution in [0.3, 0.4) is 0 Å². The topological polar surface area (TPSA) is 24.9 Å². The Bertz CT molecular complexity index is 294. The molecule has 1 heterocycles. The zero-order valence-corrected chi connectivity index (χ0v) is 9.50. The van der Waals surface area contributed by atoms with E-state index in [0.29, 0.717) is 0 Å². The third-order valence-electron chi connectivity index (χ3n) is 2.42. The van der Waals surface area contributed by atoms with Gasteiger partial charge in [-0.15, -0.1) is 6.58 Å². The van der Waals surface area contributed by atoms with Crippen molar-refractivity contribution in [2.45, 2.75) is 32.7 Å². The molecule has 2 heteroatoms. The average molecular weight is 204 g/mol. The number of pyridine rings is 1. The Hall–Kier alpha value is -1.15. The Labute approximate surface area is 92.4 Å². The van der Waals surface area contributed by atoms with Crippen molar-refractivity contribution in [1.82, 2.24) is 10.3 Å². The van der Waals surface area contributed by atoms with Crippen LogP contribution >= 0.6 is 0 Å². The summed E-state index contributed by atoms with van der Waals surface area (Å²) in [4.78, 5) is 4.38. The number of rotatable bonds is 7. The number of unbranched alkanes of at least 4 members (excludes halogenated alkanes) is 1. The molecule has 2 nitrogen and oxygen atoms in total. The van der Waals surface area contributed by atoms with Crippen LogP contribution in [-0.4, -0.2) is 11.5 Å². The van der Waals surface area contributed by atoms with E-state index in [1.165, 1.54) is 11.3 Å². The molecule has 0 saturated heterocycles. The van der Waals surface area contributed by atoms with E-state index in [1.807, 2.05) is 18.3 Å². The Morgan fingerprint density at radius 2 is 2.40 bits per heavy atom. The Kier molecular flexibility index (Phi) is 5.71. The second-order valence-electron chi connectivity index (χ2n) is 3.57. The molecule has 0 unspecified atom stereocenters. The van der Waals surface area contributed by atoms with E-state index in [-0.39, 0.29) is 0 Å². The molecular formula is C13H20N2. The van der Waals surface area contributed by atoms with Crippen molar-refractivity contribution in [3.8, 4) is 0 Å². The molecule has 0 aromatic carbocycles. The lowest BCUT2D eigenvalue weighted by Crippen LogP contribution is -2.16. The third kappa shape index (κ3) is 4.26. The molecule has 0 aliphatic carbocycles. The molecule has 0 amide bonds. The maximum absolute atomic E-state index is 4.38. The lowest BCUT2D eigenvalue weighted by Gasteiger charge is -2.07. The van der Waals surface area contributed by atoms with Gasteiger partial charge in [0.05, 0.1) is 5.69 Å². The molecule has 0 saturated carbocycles. The van der Waals surface area contributed by atoms with Gasteiger partial charge in [0.1, 0.15) is 0 Å². The van der Waals surface area contributed by atoms with Crippen LogP contribution in [0.4, 0.5) is 0 Å². The number of aryl methyl sites for hydroxylation is 1. The highest BCUT2D eigenvalue weighted by Crippen LogP contribution is 2.05. The molecule has 1 aromatic rings. The molecule has 15 heavy (non-hydrogen) atoms. The van der Waals surface area contributed by atoms with Gasteiger partial charge in [-0.3, -0.25) is 4.98 Å². The van der Waals surface area contributed by atoms with Gasteiger partial charge in [-0.1, -0.05) is 19.1 Å². The van der Waals surface area contributed by atoms with E-state index in [0.717, 1.165) is 32.4 Å². The fourth-order valence-electron chi connectivity index (χ4n) is 1.53. The van der Waals surface area contributed by atoms with Gasteiger partial charge in [0.15, 0.2) is 0 Å². The van der Waals surface area contributed by atoms with Crippen LogP contribution in [0.2, 0.25) is 0 Å². The molecule has 0 fully saturated rings. The largest absolute Gasteiger partial charge is 0.311 e. The number of hydrogen-bond donors (Lipinski definition) is 1. The monoisotopic (exact) mass is 204 g/mol. The molecule has 1 aromatic heterocycles. The van der Waals surface area contributed by atoms with Crippen LogP contribution in [-0.2, 0) is 13.0 Å². The summed E-state index contributed by atoms with van der Waals surface area (Å²) in [5.41, 5.74) is 2.52. The maximum Gasteiger partial charge on any atom is 0.0573 e. The highest BCUT2D eigenvalue weighted by atomic mass is 14.9. The summed E-state index contributed by atoms with van der Waals surface area (Å²) in [7, 11) is 0. The van der Waals surface area contributed by atoms with Crippen molar-refractivity contribution >= 4 is 0 Å². The first-order valence-electron chi connectivity index (χ1n) is 5.62. The zero-order chi connectivity index (χ0) is 10.9. The van der Waals surface area contributed by atoms with Crippen molar-refractivity contribution in [1.29, 1.82) is 0 Å². The van der Waals surface area contributed by atoms with Gasteiger partial charge in [-0.25, -0.2) is 0 Å². The molecule has 82 valence electrons. The van der Waals surface area contributed by atoms with Crippen molar-refractivity contribution < 1.29 is 0 Å². The van der Waals surface area contributed by atoms with E-state index >= 15 is 0 Å². The number of nitrogens with one attached hydrogen (secondary N) is 1. The van der Waals surface area contributed by atoms with Gasteiger partial charge in [0, 0.05) is 12.7 Å². The minimum Gasteiger partial charge on any atom is -0.311 e. The maximum atomic E-state index is 4.38. The van der Waals surface area contributed by atoms with Gasteiger partial charge in [0.2, 0.25) is 0 Å². The molecule has 0 aliphatic rings. The second-order valence-corrected chi connectivity index (χ2v) is 3.57. The number of nitrogens with zero attached hydrogens (tertiary/aromatic N) is 1. The summed E-state index contributed by atoms with van der Waals surface area (Å²) in [6.07, 6.45) is 7.10. The minimum absolute atomic E-state index is 0.876. The van der Waals surface area contributed by atoms with Crippen LogP contribution < -0.4 is 5.32 Å². The lowest BCUT2D eigenvalue weighted by molar-refractivity contribution is 0.642. The second kappa shape index (κ2) is 7.18. The van der Waals surface area contributed by atoms with Crippen LogP contribution in [0.1, 0.15) is 31.0 Å². The average Bonchev–Trinajstić information content (AvgIpc) is 2.29. The fraction of sp³-hybridized carbons (Fsp3) is 0.462. The molecule has 0 atom stereocenters. The number of allylic oxidation sites excluding steroid dienone is 1. The van der Waals surface area contributed by atoms with Gasteiger partial charge >= 0.3 is 0 Å². The van der Waals surface area contributed by atoms with Crippen molar-refractivity contribution in [3.05, 3.63) is 42.2 Å². The minimum atomic E-state index is 0.876. The van der Waals surface area contributed by atoms with Gasteiger partial charge < -0.3 is 5.32 Å². The molecule has 0 aliphatic heterocycles. The smallest absolute Gasteiger partial charge is 0.0573 e. The SMILES string of the molecule is C=CCCCNCc1ncccc1CC. The van der Waals surface area contributed by atoms with Gasteiger partial charge in [-0.05, 0) is 37.4 Å². The standard InChI is InChI=1S/C13H20N2/c1-3-5-6-9-14-11-13-12(4-2)8-7-10-15-13/h3,7-8,10,14H,1,4-6,9,11H2,2H3. The first-order valence-corrected chi connectivity index (χ1v) is 5.62. The summed E-state index contributed by atoms with van der Waals surface area (Å²) in [5, 5.41) is 3.40. The van der Waals surface area contributed by atoms with Crippen LogP contribution in [0.25, 0.3) is 0 Å². The van der Waals surface area contributed by atoms with E-state index in [4.69, 9.17) is 0 Å². The van der Waals surface area contributed by atoms with Crippen molar-refractivity contribution in [3.63, 3.8) is 0 Å². The van der Waals surface area contributed by atoms with Crippen molar-refractivity contribution in [2.24, 2.45) is 0 Å². The molecular weight excluding hydrogens is 184 g/mol. The summed E-state index contributed by atoms with van der Waals surface area (Å²) >= 11 is 0. The molecule has 1 rings (SSSR count). The summed E-state index contributed by atoms with van der Waals surface area (Å²) in [6, 6.07) is 4.15. The Morgan fingerprint density at radius 3 is 3.13 bits per heavy atom. The molecule has 0 spiro atoms. The van der Waals surface area contributed by atoms with E-state index in [9.17, 15) is 0 Å². The molecule has 0 radical (unpaired) electrons. The summed E-state index contributed by atoms with van der Waals surface area (Å²) in [6.45, 7) is 7.78. The van der Waals surface area contributed by atoms with E-state index < -0.39 is 0 Å². The Balaban J connectivity index is 2.33. The predicted molar refractivity (Wildman–Crippen MR) is 64.8 cm³/mol. The van der Waals surface area contributed by atoms with E-state index in [1.54, 1.807) is 0 Å². The zero-order valence-electron chi connectivity index (χ0n) is 9.50. The Morgan fingerprint density at radius 1 is 1.53 bits per heavy atom. The summed E-state index contributed by atoms with van der Waals surface area (Å²) in [5.74, 6) is 0. The van der Waals surface area contributed by atoms with Crippen LogP contribution in [0.5, 0.6) is 0 Å². The number of aromatic nitrogens is 1. The highest BCUT2D eigenvalue weighted by molar-refractivity contribution is 5.19. The fourth-order valence-corrected chi connectivity index (χ4v) is 1.53. The van der Waals surface area contributed by atoms with Crippen molar-refractivity contribution in [2.75, 3.05) is 6.54 Å². The molecule has 0 bridgehead atoms. The van der Waals surface area contributed by atoms with Crippen LogP contribution in [0.15, 0.2) is 31.0 Å². The highest BCUT2D eigenvalue weighted by Gasteiger charge is 1.99. The third-order valence-corrected chi connectivity index (χ3v) is 2.42. The first-order chi connectivity index (χ1) is 7.38. The van der Waals surface area contributed by atoms with Gasteiger partial charge in [-0.2, -0.15) is 0 Å². The lowest BCUT2D eigenvalue weighted by atomic mass is 10.1. The number of hydrogen-bond acceptors (Lipinski definition) is 2. The van der Waals surface area contributed by atoms with E-state index in [2.05, 4.69) is 29.9 Å². The normalized spacial score (nSPS) is 10.2. The quantitative estimate of drug-likeness (QED) is 0.545. The molecule has 1 N–H and O–H groups in total. The summed E-state index contributed by atoms with van der Waals surface area (Å²) < 4.78 is 0. The van der Waals surface area contributed by atoms with Crippen LogP contribution in [0, 0.1) is 0 Å². The first kappa shape index (κ1) is 11.9.